The molecular formula is C25H31N3O4. The van der Waals surface area contributed by atoms with E-state index in [4.69, 9.17) is 4.74 Å². The second-order valence-corrected chi connectivity index (χ2v) is 8.10. The van der Waals surface area contributed by atoms with Gasteiger partial charge in [0.25, 0.3) is 11.8 Å². The zero-order chi connectivity index (χ0) is 22.9. The van der Waals surface area contributed by atoms with Gasteiger partial charge >= 0.3 is 0 Å². The molecule has 1 saturated heterocycles. The number of anilines is 1. The molecule has 32 heavy (non-hydrogen) atoms. The minimum absolute atomic E-state index is 0.0547. The Labute approximate surface area is 189 Å². The van der Waals surface area contributed by atoms with Crippen LogP contribution in [0.15, 0.2) is 48.5 Å². The summed E-state index contributed by atoms with van der Waals surface area (Å²) in [6, 6.07) is 14.3. The first-order valence-corrected chi connectivity index (χ1v) is 11.0. The molecule has 0 atom stereocenters. The molecule has 1 fully saturated rings. The van der Waals surface area contributed by atoms with Crippen molar-refractivity contribution in [2.45, 2.75) is 26.2 Å². The van der Waals surface area contributed by atoms with Gasteiger partial charge in [-0.15, -0.1) is 0 Å². The van der Waals surface area contributed by atoms with Crippen LogP contribution in [0.3, 0.4) is 0 Å². The maximum Gasteiger partial charge on any atom is 0.255 e. The molecule has 0 bridgehead atoms. The third-order valence-electron chi connectivity index (χ3n) is 5.68. The fourth-order valence-electron chi connectivity index (χ4n) is 3.70. The number of ether oxygens (including phenoxy) is 1. The molecule has 2 N–H and O–H groups in total. The number of methoxy groups -OCH3 is 1. The third-order valence-corrected chi connectivity index (χ3v) is 5.68. The lowest BCUT2D eigenvalue weighted by Gasteiger charge is -2.31. The van der Waals surface area contributed by atoms with E-state index in [1.807, 2.05) is 19.1 Å². The third kappa shape index (κ3) is 6.40. The van der Waals surface area contributed by atoms with E-state index in [0.29, 0.717) is 55.9 Å². The summed E-state index contributed by atoms with van der Waals surface area (Å²) >= 11 is 0. The molecule has 1 aliphatic heterocycles. The Kier molecular flexibility index (Phi) is 8.39. The van der Waals surface area contributed by atoms with Gasteiger partial charge in [-0.2, -0.15) is 0 Å². The molecule has 2 aromatic carbocycles. The van der Waals surface area contributed by atoms with E-state index in [-0.39, 0.29) is 23.6 Å². The summed E-state index contributed by atoms with van der Waals surface area (Å²) in [5, 5.41) is 5.79. The minimum atomic E-state index is -0.188. The van der Waals surface area contributed by atoms with E-state index >= 15 is 0 Å². The highest BCUT2D eigenvalue weighted by molar-refractivity contribution is 6.04. The van der Waals surface area contributed by atoms with E-state index < -0.39 is 0 Å². The Morgan fingerprint density at radius 3 is 2.22 bits per heavy atom. The van der Waals surface area contributed by atoms with Gasteiger partial charge in [-0.1, -0.05) is 17.7 Å². The van der Waals surface area contributed by atoms with Crippen LogP contribution in [0, 0.1) is 12.8 Å². The van der Waals surface area contributed by atoms with Crippen LogP contribution < -0.4 is 10.6 Å². The van der Waals surface area contributed by atoms with Crippen LogP contribution >= 0.6 is 0 Å². The first kappa shape index (κ1) is 23.5. The van der Waals surface area contributed by atoms with Crippen molar-refractivity contribution in [2.24, 2.45) is 5.92 Å². The molecule has 0 radical (unpaired) electrons. The Morgan fingerprint density at radius 2 is 1.59 bits per heavy atom. The number of benzene rings is 2. The lowest BCUT2D eigenvalue weighted by Crippen LogP contribution is -2.43. The van der Waals surface area contributed by atoms with Gasteiger partial charge in [-0.25, -0.2) is 0 Å². The van der Waals surface area contributed by atoms with Crippen molar-refractivity contribution in [3.05, 3.63) is 65.2 Å². The van der Waals surface area contributed by atoms with Gasteiger partial charge < -0.3 is 20.3 Å². The summed E-state index contributed by atoms with van der Waals surface area (Å²) < 4.78 is 4.99. The Bertz CT molecular complexity index is 917. The smallest absolute Gasteiger partial charge is 0.255 e. The van der Waals surface area contributed by atoms with Crippen molar-refractivity contribution in [2.75, 3.05) is 38.7 Å². The van der Waals surface area contributed by atoms with Crippen molar-refractivity contribution in [3.8, 4) is 0 Å². The molecule has 7 nitrogen and oxygen atoms in total. The Balaban J connectivity index is 1.48. The molecule has 0 spiro atoms. The maximum absolute atomic E-state index is 12.8. The lowest BCUT2D eigenvalue weighted by atomic mass is 9.95. The molecule has 1 heterocycles. The molecule has 0 aromatic heterocycles. The molecule has 0 unspecified atom stereocenters. The normalized spacial score (nSPS) is 14.1. The van der Waals surface area contributed by atoms with Gasteiger partial charge in [0.2, 0.25) is 5.91 Å². The minimum Gasteiger partial charge on any atom is -0.385 e. The summed E-state index contributed by atoms with van der Waals surface area (Å²) in [6.07, 6.45) is 2.11. The van der Waals surface area contributed by atoms with Crippen molar-refractivity contribution in [3.63, 3.8) is 0 Å². The van der Waals surface area contributed by atoms with Crippen LogP contribution in [0.2, 0.25) is 0 Å². The van der Waals surface area contributed by atoms with Crippen LogP contribution in [0.4, 0.5) is 5.69 Å². The number of hydrogen-bond donors (Lipinski definition) is 2. The Hall–Kier alpha value is -3.19. The number of carbonyl (C=O) groups excluding carboxylic acids is 3. The summed E-state index contributed by atoms with van der Waals surface area (Å²) in [4.78, 5) is 39.2. The number of carbonyl (C=O) groups is 3. The van der Waals surface area contributed by atoms with Crippen molar-refractivity contribution < 1.29 is 19.1 Å². The highest BCUT2D eigenvalue weighted by Gasteiger charge is 2.27. The standard InChI is InChI=1S/C25H31N3O4/c1-18-4-6-19(7-5-18)24(30)27-22-10-8-21(9-11-22)25(31)28-15-12-20(13-16-28)23(29)26-14-3-17-32-2/h4-11,20H,3,12-17H2,1-2H3,(H,26,29)(H,27,30). The summed E-state index contributed by atoms with van der Waals surface area (Å²) in [5.74, 6) is -0.241. The summed E-state index contributed by atoms with van der Waals surface area (Å²) in [7, 11) is 1.64. The van der Waals surface area contributed by atoms with Crippen LogP contribution in [-0.2, 0) is 9.53 Å². The Morgan fingerprint density at radius 1 is 0.969 bits per heavy atom. The SMILES string of the molecule is COCCCNC(=O)C1CCN(C(=O)c2ccc(NC(=O)c3ccc(C)cc3)cc2)CC1. The summed E-state index contributed by atoms with van der Waals surface area (Å²) in [5.41, 5.74) is 2.88. The number of aryl methyl sites for hydroxylation is 1. The van der Waals surface area contributed by atoms with E-state index in [1.165, 1.54) is 0 Å². The molecular weight excluding hydrogens is 406 g/mol. The number of hydrogen-bond acceptors (Lipinski definition) is 4. The molecule has 0 saturated carbocycles. The highest BCUT2D eigenvalue weighted by Crippen LogP contribution is 2.20. The van der Waals surface area contributed by atoms with Gasteiger partial charge in [0.1, 0.15) is 0 Å². The maximum atomic E-state index is 12.8. The molecule has 3 rings (SSSR count). The van der Waals surface area contributed by atoms with Crippen LogP contribution in [0.25, 0.3) is 0 Å². The number of piperidine rings is 1. The number of amides is 3. The van der Waals surface area contributed by atoms with E-state index in [2.05, 4.69) is 10.6 Å². The fraction of sp³-hybridized carbons (Fsp3) is 0.400. The molecule has 7 heteroatoms. The van der Waals surface area contributed by atoms with Gasteiger partial charge in [0, 0.05) is 56.1 Å². The molecule has 3 amide bonds. The van der Waals surface area contributed by atoms with Gasteiger partial charge in [0.15, 0.2) is 0 Å². The molecule has 0 aliphatic carbocycles. The van der Waals surface area contributed by atoms with E-state index in [9.17, 15) is 14.4 Å². The summed E-state index contributed by atoms with van der Waals surface area (Å²) in [6.45, 7) is 4.32. The first-order chi connectivity index (χ1) is 15.5. The molecule has 2 aromatic rings. The second-order valence-electron chi connectivity index (χ2n) is 8.10. The zero-order valence-electron chi connectivity index (χ0n) is 18.7. The number of likely N-dealkylation sites (tertiary alicyclic amines) is 1. The van der Waals surface area contributed by atoms with Crippen molar-refractivity contribution in [1.82, 2.24) is 10.2 Å². The first-order valence-electron chi connectivity index (χ1n) is 11.0. The van der Waals surface area contributed by atoms with Crippen LogP contribution in [0.5, 0.6) is 0 Å². The topological polar surface area (TPSA) is 87.7 Å². The van der Waals surface area contributed by atoms with Crippen molar-refractivity contribution >= 4 is 23.4 Å². The molecule has 170 valence electrons. The predicted molar refractivity (Wildman–Crippen MR) is 124 cm³/mol. The van der Waals surface area contributed by atoms with E-state index in [1.54, 1.807) is 48.4 Å². The van der Waals surface area contributed by atoms with E-state index in [0.717, 1.165) is 12.0 Å². The number of nitrogens with zero attached hydrogens (tertiary/aromatic N) is 1. The predicted octanol–water partition coefficient (Wildman–Crippen LogP) is 3.25. The van der Waals surface area contributed by atoms with Gasteiger partial charge in [-0.05, 0) is 62.6 Å². The quantitative estimate of drug-likeness (QED) is 0.621. The average molecular weight is 438 g/mol. The second kappa shape index (κ2) is 11.4. The largest absolute Gasteiger partial charge is 0.385 e. The number of rotatable bonds is 8. The monoisotopic (exact) mass is 437 g/mol. The van der Waals surface area contributed by atoms with Crippen molar-refractivity contribution in [1.29, 1.82) is 0 Å². The zero-order valence-corrected chi connectivity index (χ0v) is 18.7. The molecule has 1 aliphatic rings. The van der Waals surface area contributed by atoms with Gasteiger partial charge in [0.05, 0.1) is 0 Å². The lowest BCUT2D eigenvalue weighted by molar-refractivity contribution is -0.126. The highest BCUT2D eigenvalue weighted by atomic mass is 16.5. The number of nitrogens with one attached hydrogen (secondary N) is 2. The van der Waals surface area contributed by atoms with Crippen LogP contribution in [0.1, 0.15) is 45.5 Å². The van der Waals surface area contributed by atoms with Crippen LogP contribution in [-0.4, -0.2) is 56.0 Å². The average Bonchev–Trinajstić information content (AvgIpc) is 2.82. The fourth-order valence-corrected chi connectivity index (χ4v) is 3.70. The van der Waals surface area contributed by atoms with Gasteiger partial charge in [-0.3, -0.25) is 14.4 Å².